The largest absolute Gasteiger partial charge is 0.354 e. The Morgan fingerprint density at radius 2 is 1.84 bits per heavy atom. The Morgan fingerprint density at radius 3 is 2.45 bits per heavy atom. The summed E-state index contributed by atoms with van der Waals surface area (Å²) >= 11 is 1.61. The molecule has 0 radical (unpaired) electrons. The third kappa shape index (κ3) is 4.16. The van der Waals surface area contributed by atoms with E-state index in [1.54, 1.807) is 41.9 Å². The fourth-order valence-corrected chi connectivity index (χ4v) is 4.58. The van der Waals surface area contributed by atoms with Gasteiger partial charge < -0.3 is 10.3 Å². The molecule has 0 aliphatic carbocycles. The first-order chi connectivity index (χ1) is 15.0. The lowest BCUT2D eigenvalue weighted by Gasteiger charge is -2.26. The third-order valence-electron chi connectivity index (χ3n) is 5.28. The lowest BCUT2D eigenvalue weighted by molar-refractivity contribution is -0.125. The van der Waals surface area contributed by atoms with Gasteiger partial charge in [0.25, 0.3) is 11.8 Å². The maximum absolute atomic E-state index is 13.1. The molecule has 1 aromatic carbocycles. The summed E-state index contributed by atoms with van der Waals surface area (Å²) in [5.41, 5.74) is 2.52. The molecule has 3 amide bonds. The first-order valence-electron chi connectivity index (χ1n) is 10.3. The van der Waals surface area contributed by atoms with Crippen molar-refractivity contribution in [1.82, 2.24) is 20.2 Å². The fourth-order valence-electron chi connectivity index (χ4n) is 3.83. The molecule has 0 bridgehead atoms. The molecule has 3 heterocycles. The second-order valence-corrected chi connectivity index (χ2v) is 8.87. The lowest BCUT2D eigenvalue weighted by atomic mass is 10.0. The van der Waals surface area contributed by atoms with Crippen LogP contribution >= 0.6 is 11.3 Å². The van der Waals surface area contributed by atoms with Crippen LogP contribution in [0.25, 0.3) is 10.6 Å². The van der Waals surface area contributed by atoms with Crippen molar-refractivity contribution in [2.24, 2.45) is 5.92 Å². The van der Waals surface area contributed by atoms with Crippen molar-refractivity contribution in [3.8, 4) is 10.6 Å². The van der Waals surface area contributed by atoms with Crippen LogP contribution in [0.2, 0.25) is 0 Å². The van der Waals surface area contributed by atoms with Crippen LogP contribution < -0.4 is 5.32 Å². The number of nitrogens with zero attached hydrogens (tertiary/aromatic N) is 2. The fraction of sp³-hybridized carbons (Fsp3) is 0.304. The number of hydrogen-bond donors (Lipinski definition) is 2. The number of thiophene rings is 1. The van der Waals surface area contributed by atoms with Gasteiger partial charge in [0, 0.05) is 18.7 Å². The number of amides is 3. The molecule has 2 N–H and O–H groups in total. The zero-order valence-corrected chi connectivity index (χ0v) is 18.2. The molecule has 1 aliphatic rings. The van der Waals surface area contributed by atoms with Crippen molar-refractivity contribution in [2.75, 3.05) is 6.54 Å². The van der Waals surface area contributed by atoms with E-state index in [0.717, 1.165) is 21.2 Å². The average Bonchev–Trinajstić information content (AvgIpc) is 3.48. The van der Waals surface area contributed by atoms with Crippen molar-refractivity contribution in [3.63, 3.8) is 0 Å². The molecular weight excluding hydrogens is 412 g/mol. The lowest BCUT2D eigenvalue weighted by Crippen LogP contribution is -2.50. The van der Waals surface area contributed by atoms with E-state index in [1.807, 2.05) is 31.4 Å². The minimum absolute atomic E-state index is 0.137. The predicted molar refractivity (Wildman–Crippen MR) is 119 cm³/mol. The summed E-state index contributed by atoms with van der Waals surface area (Å²) in [6, 6.07) is 9.84. The minimum atomic E-state index is -0.842. The standard InChI is InChI=1S/C23H24N4O3S/c1-14(2)12-18(27-22(29)15-6-3-4-7-16(15)23(27)30)21(28)24-10-9-17-20(26-13-25-17)19-8-5-11-31-19/h3-8,11,13-14,18H,9-10,12H2,1-2H3,(H,24,28)(H,25,26). The number of hydrogen-bond acceptors (Lipinski definition) is 5. The summed E-state index contributed by atoms with van der Waals surface area (Å²) in [5.74, 6) is -0.997. The van der Waals surface area contributed by atoms with Gasteiger partial charge >= 0.3 is 0 Å². The van der Waals surface area contributed by atoms with Crippen LogP contribution in [0.5, 0.6) is 0 Å². The smallest absolute Gasteiger partial charge is 0.262 e. The van der Waals surface area contributed by atoms with E-state index in [-0.39, 0.29) is 11.8 Å². The molecule has 7 nitrogen and oxygen atoms in total. The van der Waals surface area contributed by atoms with Gasteiger partial charge in [-0.1, -0.05) is 32.0 Å². The summed E-state index contributed by atoms with van der Waals surface area (Å²) in [6.07, 6.45) is 2.61. The Bertz CT molecular complexity index is 1070. The molecule has 3 aromatic rings. The van der Waals surface area contributed by atoms with Gasteiger partial charge in [0.1, 0.15) is 11.7 Å². The van der Waals surface area contributed by atoms with Crippen molar-refractivity contribution >= 4 is 29.1 Å². The number of carbonyl (C=O) groups excluding carboxylic acids is 3. The highest BCUT2D eigenvalue weighted by atomic mass is 32.1. The number of nitrogens with one attached hydrogen (secondary N) is 2. The molecule has 4 rings (SSSR count). The highest BCUT2D eigenvalue weighted by molar-refractivity contribution is 7.13. The van der Waals surface area contributed by atoms with Crippen LogP contribution in [0, 0.1) is 5.92 Å². The number of fused-ring (bicyclic) bond motifs is 1. The molecule has 2 aromatic heterocycles. The normalized spacial score (nSPS) is 14.2. The maximum atomic E-state index is 13.1. The zero-order valence-electron chi connectivity index (χ0n) is 17.4. The molecule has 31 heavy (non-hydrogen) atoms. The number of H-pyrrole nitrogens is 1. The van der Waals surface area contributed by atoms with Crippen molar-refractivity contribution in [1.29, 1.82) is 0 Å². The number of imidazole rings is 1. The van der Waals surface area contributed by atoms with Crippen LogP contribution in [0.4, 0.5) is 0 Å². The topological polar surface area (TPSA) is 95.2 Å². The van der Waals surface area contributed by atoms with E-state index >= 15 is 0 Å². The van der Waals surface area contributed by atoms with Crippen LogP contribution in [0.15, 0.2) is 48.1 Å². The van der Waals surface area contributed by atoms with Gasteiger partial charge in [-0.25, -0.2) is 4.98 Å². The van der Waals surface area contributed by atoms with E-state index < -0.39 is 17.9 Å². The molecule has 0 saturated carbocycles. The summed E-state index contributed by atoms with van der Waals surface area (Å²) in [7, 11) is 0. The Morgan fingerprint density at radius 1 is 1.13 bits per heavy atom. The van der Waals surface area contributed by atoms with Gasteiger partial charge in [0.15, 0.2) is 0 Å². The van der Waals surface area contributed by atoms with E-state index in [0.29, 0.717) is 30.5 Å². The van der Waals surface area contributed by atoms with E-state index in [2.05, 4.69) is 15.3 Å². The Hall–Kier alpha value is -3.26. The number of aromatic amines is 1. The SMILES string of the molecule is CC(C)CC(C(=O)NCCc1[nH]cnc1-c1cccs1)N1C(=O)c2ccccc2C1=O. The molecule has 1 unspecified atom stereocenters. The van der Waals surface area contributed by atoms with Crippen LogP contribution in [-0.4, -0.2) is 45.2 Å². The Kier molecular flexibility index (Phi) is 5.99. The second-order valence-electron chi connectivity index (χ2n) is 7.92. The van der Waals surface area contributed by atoms with Gasteiger partial charge in [-0.15, -0.1) is 11.3 Å². The maximum Gasteiger partial charge on any atom is 0.262 e. The summed E-state index contributed by atoms with van der Waals surface area (Å²) < 4.78 is 0. The van der Waals surface area contributed by atoms with E-state index in [4.69, 9.17) is 0 Å². The van der Waals surface area contributed by atoms with E-state index in [9.17, 15) is 14.4 Å². The highest BCUT2D eigenvalue weighted by Gasteiger charge is 2.42. The molecule has 0 spiro atoms. The van der Waals surface area contributed by atoms with Crippen LogP contribution in [0.1, 0.15) is 46.7 Å². The van der Waals surface area contributed by atoms with Crippen molar-refractivity contribution < 1.29 is 14.4 Å². The molecule has 1 aliphatic heterocycles. The highest BCUT2D eigenvalue weighted by Crippen LogP contribution is 2.27. The quantitative estimate of drug-likeness (QED) is 0.528. The molecular formula is C23H24N4O3S. The number of carbonyl (C=O) groups is 3. The van der Waals surface area contributed by atoms with Gasteiger partial charge in [-0.3, -0.25) is 19.3 Å². The number of benzene rings is 1. The summed E-state index contributed by atoms with van der Waals surface area (Å²) in [4.78, 5) is 48.5. The Balaban J connectivity index is 1.46. The van der Waals surface area contributed by atoms with Gasteiger partial charge in [0.2, 0.25) is 5.91 Å². The first-order valence-corrected chi connectivity index (χ1v) is 11.2. The number of imide groups is 1. The number of aromatic nitrogens is 2. The van der Waals surface area contributed by atoms with Crippen LogP contribution in [-0.2, 0) is 11.2 Å². The van der Waals surface area contributed by atoms with Gasteiger partial charge in [-0.2, -0.15) is 0 Å². The van der Waals surface area contributed by atoms with Crippen molar-refractivity contribution in [2.45, 2.75) is 32.7 Å². The first kappa shape index (κ1) is 21.0. The monoisotopic (exact) mass is 436 g/mol. The zero-order chi connectivity index (χ0) is 22.0. The summed E-state index contributed by atoms with van der Waals surface area (Å²) in [5, 5.41) is 4.91. The van der Waals surface area contributed by atoms with Gasteiger partial charge in [0.05, 0.1) is 22.3 Å². The van der Waals surface area contributed by atoms with Crippen molar-refractivity contribution in [3.05, 3.63) is 64.9 Å². The molecule has 0 fully saturated rings. The predicted octanol–water partition coefficient (Wildman–Crippen LogP) is 3.51. The van der Waals surface area contributed by atoms with E-state index in [1.165, 1.54) is 0 Å². The van der Waals surface area contributed by atoms with Crippen LogP contribution in [0.3, 0.4) is 0 Å². The molecule has 1 atom stereocenters. The average molecular weight is 437 g/mol. The minimum Gasteiger partial charge on any atom is -0.354 e. The third-order valence-corrected chi connectivity index (χ3v) is 6.16. The summed E-state index contributed by atoms with van der Waals surface area (Å²) in [6.45, 7) is 4.31. The Labute approximate surface area is 184 Å². The molecule has 8 heteroatoms. The second kappa shape index (κ2) is 8.85. The number of rotatable bonds is 8. The molecule has 160 valence electrons. The van der Waals surface area contributed by atoms with Gasteiger partial charge in [-0.05, 0) is 35.9 Å². The molecule has 0 saturated heterocycles.